The molecular formula is C42H56N5O10+. The Morgan fingerprint density at radius 1 is 0.912 bits per heavy atom. The van der Waals surface area contributed by atoms with Gasteiger partial charge in [0.25, 0.3) is 6.23 Å². The van der Waals surface area contributed by atoms with Gasteiger partial charge in [0.05, 0.1) is 18.2 Å². The highest BCUT2D eigenvalue weighted by Gasteiger charge is 2.51. The lowest BCUT2D eigenvalue weighted by Crippen LogP contribution is -2.63. The van der Waals surface area contributed by atoms with E-state index in [4.69, 9.17) is 4.74 Å². The summed E-state index contributed by atoms with van der Waals surface area (Å²) in [5.74, 6) is -2.55. The number of nitrogens with zero attached hydrogens (tertiary/aromatic N) is 3. The second-order valence-electron chi connectivity index (χ2n) is 16.6. The van der Waals surface area contributed by atoms with E-state index in [1.165, 1.54) is 4.57 Å². The van der Waals surface area contributed by atoms with Crippen LogP contribution < -0.4 is 15.2 Å². The molecule has 6 rings (SSSR count). The van der Waals surface area contributed by atoms with E-state index in [0.29, 0.717) is 39.0 Å². The molecule has 0 bridgehead atoms. The predicted octanol–water partition coefficient (Wildman–Crippen LogP) is -0.176. The van der Waals surface area contributed by atoms with Gasteiger partial charge in [-0.3, -0.25) is 19.4 Å². The molecule has 0 radical (unpaired) electrons. The highest BCUT2D eigenvalue weighted by atomic mass is 16.6. The second kappa shape index (κ2) is 18.1. The van der Waals surface area contributed by atoms with E-state index in [0.717, 1.165) is 22.3 Å². The average molecular weight is 791 g/mol. The number of hydrogen-bond donors (Lipinski definition) is 8. The summed E-state index contributed by atoms with van der Waals surface area (Å²) in [6.07, 6.45) is -5.69. The van der Waals surface area contributed by atoms with E-state index < -0.39 is 72.4 Å². The van der Waals surface area contributed by atoms with Crippen molar-refractivity contribution in [3.8, 4) is 0 Å². The largest absolute Gasteiger partial charge is 0.479 e. The topological polar surface area (TPSA) is 216 Å². The standard InChI is InChI=1S/C42H55N5O10/c1-42(2,3)44-39(54)31-24-45(21-26-12-9-15-47(22-26)40-36(52)34(50)35(51)37(57-40)41(55)56)16-17-46(31)23-29(48)19-28(18-25-10-5-4-6-11-25)38(53)43-33-30-14-8-7-13-27(30)20-32(33)49/h4-15,22,28-29,31-37,40,48-52H,16-21,23-24H2,1-3H3,(H2-,43,44,53,54,55,56)/p+1/t28-,29+,31+,32-,33+,34+,35+,36-,37+,40-/m1/s1. The van der Waals surface area contributed by atoms with Gasteiger partial charge < -0.3 is 46.0 Å². The quantitative estimate of drug-likeness (QED) is 0.106. The van der Waals surface area contributed by atoms with Crippen molar-refractivity contribution in [3.05, 3.63) is 101 Å². The molecule has 8 N–H and O–H groups in total. The molecule has 3 heterocycles. The smallest absolute Gasteiger partial charge is 0.335 e. The molecule has 308 valence electrons. The van der Waals surface area contributed by atoms with Crippen LogP contribution in [0.15, 0.2) is 79.1 Å². The maximum atomic E-state index is 14.0. The molecule has 10 atom stereocenters. The number of carbonyl (C=O) groups is 3. The van der Waals surface area contributed by atoms with Gasteiger partial charge >= 0.3 is 5.97 Å². The Labute approximate surface area is 332 Å². The summed E-state index contributed by atoms with van der Waals surface area (Å²) in [4.78, 5) is 43.5. The number of carboxylic acid groups (broad SMARTS) is 1. The molecule has 0 saturated carbocycles. The fourth-order valence-electron chi connectivity index (χ4n) is 8.18. The number of hydrogen-bond acceptors (Lipinski definition) is 11. The maximum Gasteiger partial charge on any atom is 0.335 e. The minimum absolute atomic E-state index is 0.132. The highest BCUT2D eigenvalue weighted by molar-refractivity contribution is 5.83. The SMILES string of the molecule is CC(C)(C)NC(=O)[C@@H]1CN(Cc2ccc[n+]([C@@H]3O[C@H](C(=O)O)[C@@H](O)[C@H](O)[C@H]3O)c2)CCN1C[C@@H](O)C[C@@H](Cc1ccccc1)C(=O)N[C@H]1c2ccccc2C[C@H]1O. The molecule has 1 aromatic heterocycles. The number of carbonyl (C=O) groups excluding carboxylic acids is 2. The van der Waals surface area contributed by atoms with Crippen molar-refractivity contribution >= 4 is 17.8 Å². The predicted molar refractivity (Wildman–Crippen MR) is 206 cm³/mol. The van der Waals surface area contributed by atoms with Crippen molar-refractivity contribution in [2.75, 3.05) is 26.2 Å². The van der Waals surface area contributed by atoms with Crippen molar-refractivity contribution in [3.63, 3.8) is 0 Å². The van der Waals surface area contributed by atoms with Crippen LogP contribution in [0.5, 0.6) is 0 Å². The van der Waals surface area contributed by atoms with Gasteiger partial charge in [-0.25, -0.2) is 4.79 Å². The summed E-state index contributed by atoms with van der Waals surface area (Å²) in [6.45, 7) is 7.48. The molecule has 2 amide bonds. The molecule has 0 unspecified atom stereocenters. The first kappa shape index (κ1) is 42.3. The number of amides is 2. The third-order valence-electron chi connectivity index (χ3n) is 11.0. The zero-order valence-corrected chi connectivity index (χ0v) is 32.6. The minimum Gasteiger partial charge on any atom is -0.479 e. The van der Waals surface area contributed by atoms with E-state index in [2.05, 4.69) is 15.5 Å². The first-order valence-electron chi connectivity index (χ1n) is 19.6. The summed E-state index contributed by atoms with van der Waals surface area (Å²) in [5, 5.41) is 69.4. The summed E-state index contributed by atoms with van der Waals surface area (Å²) >= 11 is 0. The number of fused-ring (bicyclic) bond motifs is 1. The molecule has 15 nitrogen and oxygen atoms in total. The zero-order valence-electron chi connectivity index (χ0n) is 32.6. The van der Waals surface area contributed by atoms with E-state index in [9.17, 15) is 45.0 Å². The average Bonchev–Trinajstić information content (AvgIpc) is 3.48. The molecular weight excluding hydrogens is 734 g/mol. The molecule has 15 heteroatoms. The lowest BCUT2D eigenvalue weighted by atomic mass is 9.91. The Morgan fingerprint density at radius 2 is 1.61 bits per heavy atom. The third kappa shape index (κ3) is 10.4. The van der Waals surface area contributed by atoms with Gasteiger partial charge in [-0.1, -0.05) is 54.6 Å². The number of aliphatic carboxylic acids is 1. The number of aliphatic hydroxyl groups is 5. The second-order valence-corrected chi connectivity index (χ2v) is 16.6. The number of benzene rings is 2. The van der Waals surface area contributed by atoms with Gasteiger partial charge in [0.2, 0.25) is 11.8 Å². The van der Waals surface area contributed by atoms with Crippen molar-refractivity contribution in [2.45, 2.75) is 107 Å². The lowest BCUT2D eigenvalue weighted by molar-refractivity contribution is -0.777. The van der Waals surface area contributed by atoms with Crippen LogP contribution in [0.25, 0.3) is 0 Å². The number of carboxylic acids is 1. The minimum atomic E-state index is -1.81. The number of aliphatic hydroxyl groups excluding tert-OH is 5. The molecule has 0 spiro atoms. The van der Waals surface area contributed by atoms with Crippen LogP contribution in [0.3, 0.4) is 0 Å². The van der Waals surface area contributed by atoms with Crippen LogP contribution in [-0.2, 0) is 38.5 Å². The van der Waals surface area contributed by atoms with E-state index in [-0.39, 0.29) is 24.8 Å². The van der Waals surface area contributed by atoms with Crippen molar-refractivity contribution in [1.82, 2.24) is 20.4 Å². The van der Waals surface area contributed by atoms with Gasteiger partial charge in [0.1, 0.15) is 18.2 Å². The first-order valence-corrected chi connectivity index (χ1v) is 19.6. The number of piperazine rings is 1. The van der Waals surface area contributed by atoms with Crippen molar-refractivity contribution in [2.24, 2.45) is 5.92 Å². The normalized spacial score (nSPS) is 27.9. The molecule has 1 aliphatic carbocycles. The van der Waals surface area contributed by atoms with Gasteiger partial charge in [-0.15, -0.1) is 0 Å². The summed E-state index contributed by atoms with van der Waals surface area (Å²) in [6, 6.07) is 19.6. The Kier molecular flexibility index (Phi) is 13.4. The summed E-state index contributed by atoms with van der Waals surface area (Å²) in [5.41, 5.74) is 3.05. The van der Waals surface area contributed by atoms with Crippen molar-refractivity contribution < 1.29 is 54.3 Å². The number of aromatic nitrogens is 1. The van der Waals surface area contributed by atoms with E-state index in [1.54, 1.807) is 18.5 Å². The summed E-state index contributed by atoms with van der Waals surface area (Å²) < 4.78 is 6.97. The van der Waals surface area contributed by atoms with Gasteiger partial charge in [-0.05, 0) is 56.4 Å². The molecule has 3 aromatic rings. The van der Waals surface area contributed by atoms with Crippen LogP contribution in [0.2, 0.25) is 0 Å². The third-order valence-corrected chi connectivity index (χ3v) is 11.0. The number of rotatable bonds is 13. The monoisotopic (exact) mass is 790 g/mol. The lowest BCUT2D eigenvalue weighted by Gasteiger charge is -2.42. The fourth-order valence-corrected chi connectivity index (χ4v) is 8.18. The number of β-amino-alcohol motifs (C(OH)–C–C–N with tert-alkyl or cyclic N) is 1. The van der Waals surface area contributed by atoms with Crippen LogP contribution in [0, 0.1) is 5.92 Å². The number of nitrogens with one attached hydrogen (secondary N) is 2. The van der Waals surface area contributed by atoms with Crippen LogP contribution in [-0.4, -0.2) is 133 Å². The van der Waals surface area contributed by atoms with Gasteiger partial charge in [0, 0.05) is 62.2 Å². The Balaban J connectivity index is 1.15. The van der Waals surface area contributed by atoms with E-state index >= 15 is 0 Å². The van der Waals surface area contributed by atoms with Crippen LogP contribution in [0.4, 0.5) is 0 Å². The molecule has 2 fully saturated rings. The van der Waals surface area contributed by atoms with E-state index in [1.807, 2.05) is 86.3 Å². The molecule has 2 aromatic carbocycles. The van der Waals surface area contributed by atoms with Gasteiger partial charge in [-0.2, -0.15) is 4.57 Å². The van der Waals surface area contributed by atoms with Crippen LogP contribution >= 0.6 is 0 Å². The van der Waals surface area contributed by atoms with Crippen LogP contribution in [0.1, 0.15) is 61.7 Å². The van der Waals surface area contributed by atoms with Gasteiger partial charge in [0.15, 0.2) is 24.6 Å². The molecule has 2 aliphatic heterocycles. The summed E-state index contributed by atoms with van der Waals surface area (Å²) in [7, 11) is 0. The maximum absolute atomic E-state index is 14.0. The number of ether oxygens (including phenoxy) is 1. The number of pyridine rings is 1. The highest BCUT2D eigenvalue weighted by Crippen LogP contribution is 2.32. The molecule has 57 heavy (non-hydrogen) atoms. The molecule has 3 aliphatic rings. The Bertz CT molecular complexity index is 1860. The Morgan fingerprint density at radius 3 is 2.33 bits per heavy atom. The zero-order chi connectivity index (χ0) is 41.0. The Hall–Kier alpha value is -4.32. The fraction of sp³-hybridized carbons (Fsp3) is 0.524. The first-order chi connectivity index (χ1) is 27.1. The van der Waals surface area contributed by atoms with Crippen molar-refractivity contribution in [1.29, 1.82) is 0 Å². The molecule has 2 saturated heterocycles.